The van der Waals surface area contributed by atoms with E-state index in [1.807, 2.05) is 12.1 Å². The van der Waals surface area contributed by atoms with E-state index >= 15 is 0 Å². The van der Waals surface area contributed by atoms with Gasteiger partial charge in [0.15, 0.2) is 0 Å². The van der Waals surface area contributed by atoms with Crippen LogP contribution in [0.15, 0.2) is 47.4 Å². The Hall–Kier alpha value is -2.49. The monoisotopic (exact) mass is 447 g/mol. The van der Waals surface area contributed by atoms with E-state index in [0.717, 1.165) is 49.8 Å². The van der Waals surface area contributed by atoms with Gasteiger partial charge in [-0.15, -0.1) is 0 Å². The molecular weight excluding hydrogens is 421 g/mol. The number of anilines is 2. The maximum Gasteiger partial charge on any atom is 0.258 e. The molecule has 1 amide bonds. The van der Waals surface area contributed by atoms with Gasteiger partial charge in [-0.2, -0.15) is 0 Å². The largest absolute Gasteiger partial charge is 0.371 e. The number of carbonyl (C=O) groups excluding carboxylic acids is 1. The van der Waals surface area contributed by atoms with Crippen molar-refractivity contribution in [3.63, 3.8) is 0 Å². The number of sulfonamides is 1. The third kappa shape index (κ3) is 4.89. The molecule has 2 aromatic carbocycles. The summed E-state index contributed by atoms with van der Waals surface area (Å²) in [5, 5.41) is 2.64. The lowest BCUT2D eigenvalue weighted by atomic mass is 10.2. The average Bonchev–Trinajstić information content (AvgIpc) is 3.05. The Balaban J connectivity index is 1.47. The summed E-state index contributed by atoms with van der Waals surface area (Å²) in [5.74, 6) is -1.50. The molecule has 2 unspecified atom stereocenters. The van der Waals surface area contributed by atoms with Gasteiger partial charge in [-0.1, -0.05) is 0 Å². The van der Waals surface area contributed by atoms with Crippen molar-refractivity contribution in [1.29, 1.82) is 0 Å². The fraction of sp³-hybridized carbons (Fsp3) is 0.409. The third-order valence-corrected chi connectivity index (χ3v) is 7.07. The summed E-state index contributed by atoms with van der Waals surface area (Å²) in [7, 11) is -3.84. The lowest BCUT2D eigenvalue weighted by molar-refractivity contribution is 0.0305. The Morgan fingerprint density at radius 3 is 2.35 bits per heavy atom. The number of carbonyl (C=O) groups is 1. The molecule has 2 heterocycles. The topological polar surface area (TPSA) is 87.7 Å². The van der Waals surface area contributed by atoms with Gasteiger partial charge in [-0.05, 0) is 69.2 Å². The second kappa shape index (κ2) is 8.57. The molecule has 31 heavy (non-hydrogen) atoms. The van der Waals surface area contributed by atoms with E-state index in [1.165, 1.54) is 0 Å². The lowest BCUT2D eigenvalue weighted by Gasteiger charge is -2.33. The van der Waals surface area contributed by atoms with Crippen LogP contribution in [0, 0.1) is 5.82 Å². The van der Waals surface area contributed by atoms with Crippen LogP contribution in [0.4, 0.5) is 15.8 Å². The van der Waals surface area contributed by atoms with Crippen LogP contribution in [0.3, 0.4) is 0 Å². The summed E-state index contributed by atoms with van der Waals surface area (Å²) in [6.07, 6.45) is 2.72. The van der Waals surface area contributed by atoms with Gasteiger partial charge in [0, 0.05) is 30.5 Å². The number of halogens is 1. The lowest BCUT2D eigenvalue weighted by Crippen LogP contribution is -2.42. The summed E-state index contributed by atoms with van der Waals surface area (Å²) < 4.78 is 47.2. The molecule has 4 rings (SSSR count). The fourth-order valence-corrected chi connectivity index (χ4v) is 5.28. The normalized spacial score (nSPS) is 20.8. The van der Waals surface area contributed by atoms with Crippen molar-refractivity contribution in [3.05, 3.63) is 53.8 Å². The van der Waals surface area contributed by atoms with E-state index < -0.39 is 21.7 Å². The molecule has 0 radical (unpaired) electrons. The summed E-state index contributed by atoms with van der Waals surface area (Å²) >= 11 is 0. The van der Waals surface area contributed by atoms with Crippen molar-refractivity contribution in [2.24, 2.45) is 0 Å². The van der Waals surface area contributed by atoms with E-state index in [2.05, 4.69) is 14.9 Å². The van der Waals surface area contributed by atoms with E-state index in [0.29, 0.717) is 5.69 Å². The summed E-state index contributed by atoms with van der Waals surface area (Å²) in [6, 6.07) is 10.2. The first-order chi connectivity index (χ1) is 14.7. The fourth-order valence-electron chi connectivity index (χ4n) is 4.00. The number of ether oxygens (including phenoxy) is 1. The Labute approximate surface area is 181 Å². The molecule has 0 aromatic heterocycles. The number of hydrogen-bond donors (Lipinski definition) is 2. The minimum atomic E-state index is -3.84. The van der Waals surface area contributed by atoms with Crippen molar-refractivity contribution in [2.75, 3.05) is 23.3 Å². The number of amides is 1. The second-order valence-electron chi connectivity index (χ2n) is 8.28. The minimum absolute atomic E-state index is 0.162. The number of fused-ring (bicyclic) bond motifs is 2. The molecule has 0 saturated carbocycles. The number of nitrogens with zero attached hydrogens (tertiary/aromatic N) is 1. The highest BCUT2D eigenvalue weighted by Gasteiger charge is 2.33. The molecule has 166 valence electrons. The molecule has 9 heteroatoms. The van der Waals surface area contributed by atoms with Crippen molar-refractivity contribution in [2.45, 2.75) is 49.8 Å². The van der Waals surface area contributed by atoms with Gasteiger partial charge < -0.3 is 15.0 Å². The summed E-state index contributed by atoms with van der Waals surface area (Å²) in [5.41, 5.74) is 1.20. The van der Waals surface area contributed by atoms with Crippen LogP contribution in [0.2, 0.25) is 0 Å². The highest BCUT2D eigenvalue weighted by Crippen LogP contribution is 2.30. The molecular formula is C22H26FN3O4S. The zero-order chi connectivity index (χ0) is 22.2. The molecule has 2 atom stereocenters. The molecule has 2 fully saturated rings. The van der Waals surface area contributed by atoms with Gasteiger partial charge in [-0.25, -0.2) is 17.5 Å². The van der Waals surface area contributed by atoms with E-state index in [-0.39, 0.29) is 28.7 Å². The highest BCUT2D eigenvalue weighted by atomic mass is 32.2. The van der Waals surface area contributed by atoms with Crippen LogP contribution in [-0.2, 0) is 14.8 Å². The van der Waals surface area contributed by atoms with Gasteiger partial charge in [0.25, 0.3) is 5.91 Å². The molecule has 0 spiro atoms. The van der Waals surface area contributed by atoms with Gasteiger partial charge in [-0.3, -0.25) is 4.79 Å². The van der Waals surface area contributed by atoms with Gasteiger partial charge in [0.1, 0.15) is 5.82 Å². The smallest absolute Gasteiger partial charge is 0.258 e. The molecule has 2 aromatic rings. The van der Waals surface area contributed by atoms with E-state index in [1.54, 1.807) is 26.0 Å². The van der Waals surface area contributed by atoms with Gasteiger partial charge in [0.05, 0.1) is 22.7 Å². The van der Waals surface area contributed by atoms with Gasteiger partial charge in [0.2, 0.25) is 10.0 Å². The van der Waals surface area contributed by atoms with Crippen LogP contribution in [0.1, 0.15) is 37.0 Å². The summed E-state index contributed by atoms with van der Waals surface area (Å²) in [6.45, 7) is 5.05. The number of nitrogens with one attached hydrogen (secondary N) is 2. The number of rotatable bonds is 6. The quantitative estimate of drug-likeness (QED) is 0.710. The number of morpholine rings is 1. The van der Waals surface area contributed by atoms with Gasteiger partial charge >= 0.3 is 0 Å². The zero-order valence-electron chi connectivity index (χ0n) is 17.5. The van der Waals surface area contributed by atoms with Crippen LogP contribution < -0.4 is 14.9 Å². The Bertz CT molecular complexity index is 1060. The Morgan fingerprint density at radius 1 is 1.10 bits per heavy atom. The number of benzene rings is 2. The molecule has 2 bridgehead atoms. The molecule has 2 aliphatic rings. The third-order valence-electron chi connectivity index (χ3n) is 5.42. The first-order valence-electron chi connectivity index (χ1n) is 10.3. The average molecular weight is 448 g/mol. The Morgan fingerprint density at radius 2 is 1.74 bits per heavy atom. The highest BCUT2D eigenvalue weighted by molar-refractivity contribution is 7.89. The Kier molecular flexibility index (Phi) is 6.00. The van der Waals surface area contributed by atoms with Crippen molar-refractivity contribution < 1.29 is 22.3 Å². The predicted octanol–water partition coefficient (Wildman–Crippen LogP) is 3.13. The summed E-state index contributed by atoms with van der Waals surface area (Å²) in [4.78, 5) is 14.7. The molecule has 2 N–H and O–H groups in total. The molecule has 2 aliphatic heterocycles. The van der Waals surface area contributed by atoms with Crippen LogP contribution >= 0.6 is 0 Å². The van der Waals surface area contributed by atoms with Crippen molar-refractivity contribution >= 4 is 27.3 Å². The van der Waals surface area contributed by atoms with Crippen LogP contribution in [0.25, 0.3) is 0 Å². The molecule has 2 saturated heterocycles. The van der Waals surface area contributed by atoms with Crippen molar-refractivity contribution in [1.82, 2.24) is 4.72 Å². The minimum Gasteiger partial charge on any atom is -0.371 e. The van der Waals surface area contributed by atoms with Crippen LogP contribution in [0.5, 0.6) is 0 Å². The maximum absolute atomic E-state index is 14.3. The zero-order valence-corrected chi connectivity index (χ0v) is 18.3. The number of hydrogen-bond acceptors (Lipinski definition) is 5. The van der Waals surface area contributed by atoms with E-state index in [4.69, 9.17) is 4.74 Å². The van der Waals surface area contributed by atoms with Crippen LogP contribution in [-0.4, -0.2) is 45.7 Å². The standard InChI is InChI=1S/C22H26FN3O4S/c1-14(2)25-31(28,29)19-9-10-21(23)20(11-19)22(27)24-15-3-5-16(6-4-15)26-12-17-7-8-18(13-26)30-17/h3-6,9-11,14,17-18,25H,7-8,12-13H2,1-2H3,(H,24,27). The molecule has 0 aliphatic carbocycles. The maximum atomic E-state index is 14.3. The van der Waals surface area contributed by atoms with E-state index in [9.17, 15) is 17.6 Å². The SMILES string of the molecule is CC(C)NS(=O)(=O)c1ccc(F)c(C(=O)Nc2ccc(N3CC4CCC(C3)O4)cc2)c1. The molecule has 7 nitrogen and oxygen atoms in total. The van der Waals surface area contributed by atoms with Crippen molar-refractivity contribution in [3.8, 4) is 0 Å². The first kappa shape index (κ1) is 21.7. The predicted molar refractivity (Wildman–Crippen MR) is 116 cm³/mol. The first-order valence-corrected chi connectivity index (χ1v) is 11.8. The second-order valence-corrected chi connectivity index (χ2v) is 10.00.